The lowest BCUT2D eigenvalue weighted by atomic mass is 10.1. The Bertz CT molecular complexity index is 631. The molecule has 0 saturated heterocycles. The number of nitro benzene ring substituents is 1. The van der Waals surface area contributed by atoms with Gasteiger partial charge in [-0.3, -0.25) is 15.1 Å². The third kappa shape index (κ3) is 3.87. The Labute approximate surface area is 122 Å². The van der Waals surface area contributed by atoms with Gasteiger partial charge >= 0.3 is 0 Å². The van der Waals surface area contributed by atoms with E-state index in [9.17, 15) is 10.1 Å². The quantitative estimate of drug-likeness (QED) is 0.406. The van der Waals surface area contributed by atoms with Crippen molar-refractivity contribution in [2.75, 3.05) is 25.0 Å². The van der Waals surface area contributed by atoms with Crippen LogP contribution in [0, 0.1) is 10.1 Å². The smallest absolute Gasteiger partial charge is 0.278 e. The largest absolute Gasteiger partial charge is 0.392 e. The number of nitrogens with one attached hydrogen (secondary N) is 2. The maximum Gasteiger partial charge on any atom is 0.278 e. The molecule has 21 heavy (non-hydrogen) atoms. The van der Waals surface area contributed by atoms with E-state index in [0.717, 1.165) is 5.69 Å². The number of nitro groups is 1. The maximum absolute atomic E-state index is 11.0. The molecule has 0 aliphatic rings. The molecule has 0 radical (unpaired) electrons. The topological polar surface area (TPSA) is 100 Å². The Hall–Kier alpha value is -2.25. The van der Waals surface area contributed by atoms with E-state index in [0.29, 0.717) is 30.5 Å². The molecule has 1 aromatic carbocycles. The van der Waals surface area contributed by atoms with Crippen molar-refractivity contribution >= 4 is 22.3 Å². The molecule has 1 atom stereocenters. The standard InChI is InChI=1S/C14H18N4O3/c1-10(19)9-15-7-8-16-12-4-5-13(18(20)21)11-3-2-6-17-14(11)12/h2-6,10,15-16,19H,7-9H2,1H3/t10-/m1/s1. The molecule has 112 valence electrons. The van der Waals surface area contributed by atoms with Gasteiger partial charge in [-0.05, 0) is 25.1 Å². The number of aromatic nitrogens is 1. The normalized spacial score (nSPS) is 12.3. The molecule has 0 bridgehead atoms. The fourth-order valence-electron chi connectivity index (χ4n) is 2.06. The molecule has 0 aliphatic carbocycles. The summed E-state index contributed by atoms with van der Waals surface area (Å²) in [5, 5.41) is 27.0. The lowest BCUT2D eigenvalue weighted by molar-refractivity contribution is -0.383. The summed E-state index contributed by atoms with van der Waals surface area (Å²) in [5.74, 6) is 0. The molecule has 1 aromatic heterocycles. The van der Waals surface area contributed by atoms with Gasteiger partial charge in [0.2, 0.25) is 0 Å². The van der Waals surface area contributed by atoms with Crippen LogP contribution < -0.4 is 10.6 Å². The van der Waals surface area contributed by atoms with Gasteiger partial charge in [0.05, 0.1) is 22.1 Å². The molecular weight excluding hydrogens is 272 g/mol. The molecule has 7 heteroatoms. The van der Waals surface area contributed by atoms with Crippen LogP contribution in [0.3, 0.4) is 0 Å². The molecule has 0 aliphatic heterocycles. The molecule has 0 amide bonds. The summed E-state index contributed by atoms with van der Waals surface area (Å²) < 4.78 is 0. The van der Waals surface area contributed by atoms with E-state index in [1.807, 2.05) is 0 Å². The van der Waals surface area contributed by atoms with Gasteiger partial charge in [-0.2, -0.15) is 0 Å². The van der Waals surface area contributed by atoms with Crippen molar-refractivity contribution in [2.24, 2.45) is 0 Å². The van der Waals surface area contributed by atoms with E-state index in [-0.39, 0.29) is 11.8 Å². The van der Waals surface area contributed by atoms with Gasteiger partial charge in [-0.25, -0.2) is 0 Å². The summed E-state index contributed by atoms with van der Waals surface area (Å²) in [5.41, 5.74) is 1.40. The summed E-state index contributed by atoms with van der Waals surface area (Å²) >= 11 is 0. The lowest BCUT2D eigenvalue weighted by Crippen LogP contribution is -2.29. The second-order valence-corrected chi connectivity index (χ2v) is 4.77. The number of aliphatic hydroxyl groups excluding tert-OH is 1. The summed E-state index contributed by atoms with van der Waals surface area (Å²) in [6.07, 6.45) is 1.23. The molecule has 7 nitrogen and oxygen atoms in total. The highest BCUT2D eigenvalue weighted by Crippen LogP contribution is 2.29. The Morgan fingerprint density at radius 2 is 2.19 bits per heavy atom. The minimum Gasteiger partial charge on any atom is -0.392 e. The van der Waals surface area contributed by atoms with Crippen LogP contribution in [0.25, 0.3) is 10.9 Å². The monoisotopic (exact) mass is 290 g/mol. The zero-order valence-corrected chi connectivity index (χ0v) is 11.7. The second kappa shape index (κ2) is 6.96. The fourth-order valence-corrected chi connectivity index (χ4v) is 2.06. The predicted molar refractivity (Wildman–Crippen MR) is 81.4 cm³/mol. The summed E-state index contributed by atoms with van der Waals surface area (Å²) in [6.45, 7) is 3.56. The van der Waals surface area contributed by atoms with Crippen LogP contribution in [0.2, 0.25) is 0 Å². The third-order valence-corrected chi connectivity index (χ3v) is 3.00. The van der Waals surface area contributed by atoms with Crippen molar-refractivity contribution in [1.82, 2.24) is 10.3 Å². The maximum atomic E-state index is 11.0. The van der Waals surface area contributed by atoms with Crippen molar-refractivity contribution < 1.29 is 10.0 Å². The molecule has 0 fully saturated rings. The average molecular weight is 290 g/mol. The number of hydrogen-bond donors (Lipinski definition) is 3. The zero-order chi connectivity index (χ0) is 15.2. The molecular formula is C14H18N4O3. The van der Waals surface area contributed by atoms with Crippen LogP contribution in [0.4, 0.5) is 11.4 Å². The van der Waals surface area contributed by atoms with Crippen molar-refractivity contribution in [1.29, 1.82) is 0 Å². The zero-order valence-electron chi connectivity index (χ0n) is 11.7. The average Bonchev–Trinajstić information content (AvgIpc) is 2.46. The molecule has 0 unspecified atom stereocenters. The number of non-ortho nitro benzene ring substituents is 1. The van der Waals surface area contributed by atoms with Crippen molar-refractivity contribution in [2.45, 2.75) is 13.0 Å². The second-order valence-electron chi connectivity index (χ2n) is 4.77. The van der Waals surface area contributed by atoms with Crippen LogP contribution in [0.1, 0.15) is 6.92 Å². The van der Waals surface area contributed by atoms with Crippen molar-refractivity contribution in [3.05, 3.63) is 40.6 Å². The number of nitrogens with zero attached hydrogens (tertiary/aromatic N) is 2. The van der Waals surface area contributed by atoms with Crippen LogP contribution in [0.15, 0.2) is 30.5 Å². The van der Waals surface area contributed by atoms with Crippen molar-refractivity contribution in [3.63, 3.8) is 0 Å². The van der Waals surface area contributed by atoms with Gasteiger partial charge in [-0.15, -0.1) is 0 Å². The highest BCUT2D eigenvalue weighted by Gasteiger charge is 2.14. The van der Waals surface area contributed by atoms with Gasteiger partial charge in [-0.1, -0.05) is 0 Å². The number of aliphatic hydroxyl groups is 1. The molecule has 3 N–H and O–H groups in total. The van der Waals surface area contributed by atoms with E-state index in [1.165, 1.54) is 6.07 Å². The summed E-state index contributed by atoms with van der Waals surface area (Å²) in [6, 6.07) is 6.53. The van der Waals surface area contributed by atoms with Gasteiger partial charge < -0.3 is 15.7 Å². The highest BCUT2D eigenvalue weighted by atomic mass is 16.6. The predicted octanol–water partition coefficient (Wildman–Crippen LogP) is 1.53. The fraction of sp³-hybridized carbons (Fsp3) is 0.357. The van der Waals surface area contributed by atoms with Gasteiger partial charge in [0, 0.05) is 31.9 Å². The Kier molecular flexibility index (Phi) is 5.02. The number of pyridine rings is 1. The van der Waals surface area contributed by atoms with E-state index in [1.54, 1.807) is 31.3 Å². The number of benzene rings is 1. The molecule has 0 saturated carbocycles. The van der Waals surface area contributed by atoms with E-state index < -0.39 is 4.92 Å². The Morgan fingerprint density at radius 3 is 2.90 bits per heavy atom. The number of rotatable bonds is 7. The SMILES string of the molecule is C[C@@H](O)CNCCNc1ccc([N+](=O)[O-])c2cccnc12. The van der Waals surface area contributed by atoms with Crippen LogP contribution in [-0.2, 0) is 0 Å². The number of hydrogen-bond acceptors (Lipinski definition) is 6. The molecule has 0 spiro atoms. The van der Waals surface area contributed by atoms with E-state index in [4.69, 9.17) is 5.11 Å². The first-order valence-electron chi connectivity index (χ1n) is 6.74. The van der Waals surface area contributed by atoms with Crippen LogP contribution >= 0.6 is 0 Å². The highest BCUT2D eigenvalue weighted by molar-refractivity contribution is 5.96. The molecule has 2 aromatic rings. The van der Waals surface area contributed by atoms with E-state index in [2.05, 4.69) is 15.6 Å². The Morgan fingerprint density at radius 1 is 1.38 bits per heavy atom. The molecule has 1 heterocycles. The first-order chi connectivity index (χ1) is 10.1. The first kappa shape index (κ1) is 15.1. The Balaban J connectivity index is 2.11. The number of anilines is 1. The summed E-state index contributed by atoms with van der Waals surface area (Å²) in [7, 11) is 0. The lowest BCUT2D eigenvalue weighted by Gasteiger charge is -2.10. The van der Waals surface area contributed by atoms with Gasteiger partial charge in [0.25, 0.3) is 5.69 Å². The first-order valence-corrected chi connectivity index (χ1v) is 6.74. The third-order valence-electron chi connectivity index (χ3n) is 3.00. The van der Waals surface area contributed by atoms with Crippen molar-refractivity contribution in [3.8, 4) is 0 Å². The minimum absolute atomic E-state index is 0.0517. The van der Waals surface area contributed by atoms with E-state index >= 15 is 0 Å². The van der Waals surface area contributed by atoms with Crippen LogP contribution in [0.5, 0.6) is 0 Å². The number of fused-ring (bicyclic) bond motifs is 1. The van der Waals surface area contributed by atoms with Gasteiger partial charge in [0.15, 0.2) is 0 Å². The minimum atomic E-state index is -0.405. The van der Waals surface area contributed by atoms with Gasteiger partial charge in [0.1, 0.15) is 5.52 Å². The van der Waals surface area contributed by atoms with Crippen LogP contribution in [-0.4, -0.2) is 40.8 Å². The molecule has 2 rings (SSSR count). The summed E-state index contributed by atoms with van der Waals surface area (Å²) in [4.78, 5) is 14.8.